The highest BCUT2D eigenvalue weighted by Crippen LogP contribution is 2.37. The van der Waals surface area contributed by atoms with Crippen LogP contribution in [0.5, 0.6) is 0 Å². The van der Waals surface area contributed by atoms with Crippen molar-refractivity contribution in [1.29, 1.82) is 0 Å². The molecule has 6 nitrogen and oxygen atoms in total. The predicted molar refractivity (Wildman–Crippen MR) is 81.4 cm³/mol. The van der Waals surface area contributed by atoms with E-state index >= 15 is 0 Å². The van der Waals surface area contributed by atoms with Crippen LogP contribution in [0.4, 0.5) is 4.39 Å². The number of nitrogens with zero attached hydrogens (tertiary/aromatic N) is 1. The number of halogens is 1. The van der Waals surface area contributed by atoms with Gasteiger partial charge in [0, 0.05) is 37.9 Å². The second-order valence-electron chi connectivity index (χ2n) is 6.33. The van der Waals surface area contributed by atoms with Crippen molar-refractivity contribution in [2.24, 2.45) is 5.41 Å². The molecule has 1 spiro atoms. The van der Waals surface area contributed by atoms with Crippen molar-refractivity contribution in [3.8, 4) is 0 Å². The number of Topliss-reactive ketones (excluding diaryl/α,β-unsaturated/α-hetero) is 1. The Morgan fingerprint density at radius 1 is 1.17 bits per heavy atom. The van der Waals surface area contributed by atoms with Gasteiger partial charge >= 0.3 is 0 Å². The number of likely N-dealkylation sites (tertiary alicyclic amines) is 1. The van der Waals surface area contributed by atoms with E-state index in [1.807, 2.05) is 0 Å². The van der Waals surface area contributed by atoms with Gasteiger partial charge in [0.05, 0.1) is 5.41 Å². The first-order chi connectivity index (χ1) is 11.4. The molecule has 2 aliphatic rings. The quantitative estimate of drug-likeness (QED) is 0.660. The molecule has 1 aromatic rings. The normalized spacial score (nSPS) is 23.0. The molecule has 3 rings (SSSR count). The number of ketones is 1. The average Bonchev–Trinajstić information content (AvgIpc) is 3.09. The van der Waals surface area contributed by atoms with Crippen LogP contribution in [0.15, 0.2) is 24.3 Å². The Bertz CT molecular complexity index is 716. The van der Waals surface area contributed by atoms with E-state index in [9.17, 15) is 23.6 Å². The van der Waals surface area contributed by atoms with E-state index in [4.69, 9.17) is 0 Å². The Balaban J connectivity index is 1.55. The summed E-state index contributed by atoms with van der Waals surface area (Å²) >= 11 is 0. The Morgan fingerprint density at radius 3 is 2.50 bits per heavy atom. The molecule has 0 aliphatic carbocycles. The summed E-state index contributed by atoms with van der Waals surface area (Å²) in [6.45, 7) is 0.623. The fourth-order valence-corrected chi connectivity index (χ4v) is 3.26. The van der Waals surface area contributed by atoms with E-state index in [0.29, 0.717) is 18.5 Å². The van der Waals surface area contributed by atoms with Gasteiger partial charge in [0.25, 0.3) is 0 Å². The number of imide groups is 1. The van der Waals surface area contributed by atoms with E-state index in [1.165, 1.54) is 29.2 Å². The van der Waals surface area contributed by atoms with Crippen LogP contribution in [0.3, 0.4) is 0 Å². The van der Waals surface area contributed by atoms with Gasteiger partial charge in [0.2, 0.25) is 17.7 Å². The third-order valence-electron chi connectivity index (χ3n) is 4.67. The molecule has 0 aromatic heterocycles. The number of amides is 3. The smallest absolute Gasteiger partial charge is 0.235 e. The van der Waals surface area contributed by atoms with Gasteiger partial charge in [-0.1, -0.05) is 0 Å². The van der Waals surface area contributed by atoms with Crippen LogP contribution in [0.2, 0.25) is 0 Å². The molecule has 0 radical (unpaired) electrons. The molecule has 0 bridgehead atoms. The minimum Gasteiger partial charge on any atom is -0.342 e. The molecule has 2 heterocycles. The third kappa shape index (κ3) is 3.06. The highest BCUT2D eigenvalue weighted by atomic mass is 19.1. The first-order valence-corrected chi connectivity index (χ1v) is 7.80. The molecule has 3 amide bonds. The van der Waals surface area contributed by atoms with Crippen LogP contribution in [-0.2, 0) is 14.4 Å². The number of carbonyl (C=O) groups excluding carboxylic acids is 4. The molecule has 2 saturated heterocycles. The molecule has 1 unspecified atom stereocenters. The molecule has 0 saturated carbocycles. The van der Waals surface area contributed by atoms with E-state index in [-0.39, 0.29) is 49.3 Å². The van der Waals surface area contributed by atoms with E-state index < -0.39 is 11.2 Å². The molecular formula is C17H17FN2O4. The maximum atomic E-state index is 12.8. The Labute approximate surface area is 138 Å². The highest BCUT2D eigenvalue weighted by Gasteiger charge is 2.51. The van der Waals surface area contributed by atoms with Crippen LogP contribution >= 0.6 is 0 Å². The largest absolute Gasteiger partial charge is 0.342 e. The molecule has 1 aromatic carbocycles. The summed E-state index contributed by atoms with van der Waals surface area (Å²) in [6, 6.07) is 5.19. The Morgan fingerprint density at radius 2 is 1.88 bits per heavy atom. The van der Waals surface area contributed by atoms with Gasteiger partial charge in [-0.25, -0.2) is 4.39 Å². The van der Waals surface area contributed by atoms with E-state index in [0.717, 1.165) is 0 Å². The van der Waals surface area contributed by atoms with Gasteiger partial charge in [0.15, 0.2) is 5.78 Å². The molecule has 2 fully saturated rings. The molecule has 2 aliphatic heterocycles. The highest BCUT2D eigenvalue weighted by molar-refractivity contribution is 6.06. The zero-order chi connectivity index (χ0) is 17.3. The summed E-state index contributed by atoms with van der Waals surface area (Å²) in [6.07, 6.45) is 0.632. The minimum absolute atomic E-state index is 0.0269. The second kappa shape index (κ2) is 6.14. The summed E-state index contributed by atoms with van der Waals surface area (Å²) in [5.74, 6) is -1.49. The van der Waals surface area contributed by atoms with Crippen molar-refractivity contribution in [2.45, 2.75) is 25.7 Å². The summed E-state index contributed by atoms with van der Waals surface area (Å²) in [5, 5.41) is 2.28. The van der Waals surface area contributed by atoms with Crippen LogP contribution in [-0.4, -0.2) is 41.5 Å². The zero-order valence-corrected chi connectivity index (χ0v) is 13.0. The Kier molecular flexibility index (Phi) is 4.17. The monoisotopic (exact) mass is 332 g/mol. The van der Waals surface area contributed by atoms with Crippen LogP contribution in [0, 0.1) is 11.2 Å². The van der Waals surface area contributed by atoms with Gasteiger partial charge < -0.3 is 4.90 Å². The summed E-state index contributed by atoms with van der Waals surface area (Å²) in [7, 11) is 0. The first kappa shape index (κ1) is 16.3. The van der Waals surface area contributed by atoms with Crippen molar-refractivity contribution < 1.29 is 23.6 Å². The maximum Gasteiger partial charge on any atom is 0.235 e. The molecule has 1 N–H and O–H groups in total. The van der Waals surface area contributed by atoms with Crippen molar-refractivity contribution in [2.75, 3.05) is 13.1 Å². The van der Waals surface area contributed by atoms with Crippen molar-refractivity contribution in [1.82, 2.24) is 10.2 Å². The van der Waals surface area contributed by atoms with Crippen molar-refractivity contribution in [3.05, 3.63) is 35.6 Å². The first-order valence-electron chi connectivity index (χ1n) is 7.80. The summed E-state index contributed by atoms with van der Waals surface area (Å²) < 4.78 is 12.8. The fraction of sp³-hybridized carbons (Fsp3) is 0.412. The SMILES string of the molecule is O=C1CC2(CCN(C(=O)CCC(=O)c3ccc(F)cc3)C2)C(=O)N1. The van der Waals surface area contributed by atoms with E-state index in [1.54, 1.807) is 0 Å². The maximum absolute atomic E-state index is 12.8. The predicted octanol–water partition coefficient (Wildman–Crippen LogP) is 1.05. The molecule has 24 heavy (non-hydrogen) atoms. The lowest BCUT2D eigenvalue weighted by Gasteiger charge is -2.20. The van der Waals surface area contributed by atoms with Crippen LogP contribution < -0.4 is 5.32 Å². The second-order valence-corrected chi connectivity index (χ2v) is 6.33. The van der Waals surface area contributed by atoms with Gasteiger partial charge in [-0.2, -0.15) is 0 Å². The number of nitrogens with one attached hydrogen (secondary N) is 1. The van der Waals surface area contributed by atoms with Crippen molar-refractivity contribution >= 4 is 23.5 Å². The summed E-state index contributed by atoms with van der Waals surface area (Å²) in [4.78, 5) is 49.1. The van der Waals surface area contributed by atoms with Crippen LogP contribution in [0.25, 0.3) is 0 Å². The number of rotatable bonds is 4. The lowest BCUT2D eigenvalue weighted by molar-refractivity contribution is -0.131. The standard InChI is InChI=1S/C17H17FN2O4/c18-12-3-1-11(2-4-12)13(21)5-6-15(23)20-8-7-17(10-20)9-14(22)19-16(17)24/h1-4H,5-10H2,(H,19,22,24). The van der Waals surface area contributed by atoms with Gasteiger partial charge in [-0.05, 0) is 30.7 Å². The molecule has 7 heteroatoms. The van der Waals surface area contributed by atoms with Gasteiger partial charge in [-0.3, -0.25) is 24.5 Å². The number of carbonyl (C=O) groups is 4. The van der Waals surface area contributed by atoms with Crippen molar-refractivity contribution in [3.63, 3.8) is 0 Å². The molecule has 126 valence electrons. The third-order valence-corrected chi connectivity index (χ3v) is 4.67. The summed E-state index contributed by atoms with van der Waals surface area (Å²) in [5.41, 5.74) is -0.434. The molecular weight excluding hydrogens is 315 g/mol. The fourth-order valence-electron chi connectivity index (χ4n) is 3.26. The number of hydrogen-bond donors (Lipinski definition) is 1. The number of hydrogen-bond acceptors (Lipinski definition) is 4. The average molecular weight is 332 g/mol. The van der Waals surface area contributed by atoms with Gasteiger partial charge in [-0.15, -0.1) is 0 Å². The van der Waals surface area contributed by atoms with E-state index in [2.05, 4.69) is 5.32 Å². The molecule has 1 atom stereocenters. The van der Waals surface area contributed by atoms with Gasteiger partial charge in [0.1, 0.15) is 5.82 Å². The lowest BCUT2D eigenvalue weighted by atomic mass is 9.85. The van der Waals surface area contributed by atoms with Crippen LogP contribution in [0.1, 0.15) is 36.0 Å². The zero-order valence-electron chi connectivity index (χ0n) is 13.0. The Hall–Kier alpha value is -2.57. The lowest BCUT2D eigenvalue weighted by Crippen LogP contribution is -2.36. The number of benzene rings is 1. The minimum atomic E-state index is -0.798. The topological polar surface area (TPSA) is 83.6 Å².